The van der Waals surface area contributed by atoms with Crippen LogP contribution >= 0.6 is 11.3 Å². The third-order valence-electron chi connectivity index (χ3n) is 3.14. The van der Waals surface area contributed by atoms with Crippen LogP contribution in [0.2, 0.25) is 0 Å². The van der Waals surface area contributed by atoms with Crippen molar-refractivity contribution >= 4 is 11.3 Å². The predicted molar refractivity (Wildman–Crippen MR) is 65.2 cm³/mol. The average molecular weight is 224 g/mol. The van der Waals surface area contributed by atoms with E-state index in [1.54, 1.807) is 11.3 Å². The van der Waals surface area contributed by atoms with Gasteiger partial charge in [0.2, 0.25) is 0 Å². The molecule has 0 saturated heterocycles. The van der Waals surface area contributed by atoms with Crippen molar-refractivity contribution in [1.82, 2.24) is 10.3 Å². The van der Waals surface area contributed by atoms with E-state index in [0.717, 1.165) is 30.8 Å². The third-order valence-corrected chi connectivity index (χ3v) is 3.78. The first kappa shape index (κ1) is 11.1. The topological polar surface area (TPSA) is 24.9 Å². The number of aromatic nitrogens is 1. The van der Waals surface area contributed by atoms with Crippen LogP contribution in [0.5, 0.6) is 0 Å². The molecule has 1 fully saturated rings. The Hall–Kier alpha value is -0.410. The van der Waals surface area contributed by atoms with Gasteiger partial charge in [-0.05, 0) is 37.6 Å². The lowest BCUT2D eigenvalue weighted by atomic mass is 9.91. The Labute approximate surface area is 96.1 Å². The van der Waals surface area contributed by atoms with Crippen LogP contribution in [-0.4, -0.2) is 17.6 Å². The standard InChI is InChI=1S/C12H20N2S/c1-9(2)10(6-13-11-3-4-11)5-12-7-15-8-14-12/h7-11,13H,3-6H2,1-2H3. The molecule has 0 aliphatic heterocycles. The third kappa shape index (κ3) is 3.58. The molecule has 1 aliphatic rings. The molecule has 0 spiro atoms. The second kappa shape index (κ2) is 5.08. The highest BCUT2D eigenvalue weighted by molar-refractivity contribution is 7.07. The first-order valence-corrected chi connectivity index (χ1v) is 6.80. The van der Waals surface area contributed by atoms with E-state index in [0.29, 0.717) is 0 Å². The molecule has 0 aromatic carbocycles. The van der Waals surface area contributed by atoms with Crippen LogP contribution in [0.15, 0.2) is 10.9 Å². The van der Waals surface area contributed by atoms with E-state index in [1.807, 2.05) is 5.51 Å². The van der Waals surface area contributed by atoms with Gasteiger partial charge in [0.15, 0.2) is 0 Å². The Bertz CT molecular complexity index is 278. The summed E-state index contributed by atoms with van der Waals surface area (Å²) < 4.78 is 0. The van der Waals surface area contributed by atoms with Gasteiger partial charge < -0.3 is 5.32 Å². The van der Waals surface area contributed by atoms with Crippen LogP contribution < -0.4 is 5.32 Å². The van der Waals surface area contributed by atoms with Gasteiger partial charge in [-0.2, -0.15) is 0 Å². The summed E-state index contributed by atoms with van der Waals surface area (Å²) in [5.74, 6) is 1.46. The fraction of sp³-hybridized carbons (Fsp3) is 0.750. The van der Waals surface area contributed by atoms with Crippen molar-refractivity contribution in [2.45, 2.75) is 39.2 Å². The van der Waals surface area contributed by atoms with Gasteiger partial charge >= 0.3 is 0 Å². The van der Waals surface area contributed by atoms with Gasteiger partial charge in [0.1, 0.15) is 0 Å². The maximum absolute atomic E-state index is 4.37. The molecular formula is C12H20N2S. The molecule has 1 saturated carbocycles. The normalized spacial score (nSPS) is 18.3. The summed E-state index contributed by atoms with van der Waals surface area (Å²) in [7, 11) is 0. The monoisotopic (exact) mass is 224 g/mol. The molecule has 0 bridgehead atoms. The Balaban J connectivity index is 1.81. The van der Waals surface area contributed by atoms with Crippen LogP contribution in [0.4, 0.5) is 0 Å². The second-order valence-electron chi connectivity index (χ2n) is 4.87. The van der Waals surface area contributed by atoms with Gasteiger partial charge in [0, 0.05) is 11.4 Å². The van der Waals surface area contributed by atoms with E-state index in [4.69, 9.17) is 0 Å². The minimum atomic E-state index is 0.729. The fourth-order valence-corrected chi connectivity index (χ4v) is 2.33. The number of nitrogens with zero attached hydrogens (tertiary/aromatic N) is 1. The first-order valence-electron chi connectivity index (χ1n) is 5.86. The zero-order valence-corrected chi connectivity index (χ0v) is 10.4. The van der Waals surface area contributed by atoms with Gasteiger partial charge in [0.25, 0.3) is 0 Å². The van der Waals surface area contributed by atoms with Gasteiger partial charge in [0.05, 0.1) is 11.2 Å². The molecule has 1 aromatic rings. The van der Waals surface area contributed by atoms with Crippen LogP contribution in [0, 0.1) is 11.8 Å². The number of rotatable bonds is 6. The maximum Gasteiger partial charge on any atom is 0.0794 e. The van der Waals surface area contributed by atoms with Crippen molar-refractivity contribution in [1.29, 1.82) is 0 Å². The molecular weight excluding hydrogens is 204 g/mol. The first-order chi connectivity index (χ1) is 7.25. The molecule has 84 valence electrons. The molecule has 1 heterocycles. The van der Waals surface area contributed by atoms with E-state index < -0.39 is 0 Å². The zero-order valence-electron chi connectivity index (χ0n) is 9.57. The quantitative estimate of drug-likeness (QED) is 0.803. The smallest absolute Gasteiger partial charge is 0.0794 e. The predicted octanol–water partition coefficient (Wildman–Crippen LogP) is 2.71. The summed E-state index contributed by atoms with van der Waals surface area (Å²) >= 11 is 1.70. The van der Waals surface area contributed by atoms with Gasteiger partial charge in [-0.1, -0.05) is 13.8 Å². The maximum atomic E-state index is 4.37. The summed E-state index contributed by atoms with van der Waals surface area (Å²) in [6, 6.07) is 0.821. The van der Waals surface area contributed by atoms with E-state index in [-0.39, 0.29) is 0 Å². The van der Waals surface area contributed by atoms with Crippen molar-refractivity contribution < 1.29 is 0 Å². The van der Waals surface area contributed by atoms with Gasteiger partial charge in [-0.3, -0.25) is 0 Å². The molecule has 0 amide bonds. The van der Waals surface area contributed by atoms with E-state index >= 15 is 0 Å². The molecule has 15 heavy (non-hydrogen) atoms. The Morgan fingerprint density at radius 1 is 1.53 bits per heavy atom. The van der Waals surface area contributed by atoms with Crippen LogP contribution in [0.1, 0.15) is 32.4 Å². The van der Waals surface area contributed by atoms with Crippen LogP contribution in [-0.2, 0) is 6.42 Å². The summed E-state index contributed by atoms with van der Waals surface area (Å²) in [4.78, 5) is 4.37. The zero-order chi connectivity index (χ0) is 10.7. The number of hydrogen-bond donors (Lipinski definition) is 1. The minimum Gasteiger partial charge on any atom is -0.314 e. The molecule has 0 radical (unpaired) electrons. The number of hydrogen-bond acceptors (Lipinski definition) is 3. The second-order valence-corrected chi connectivity index (χ2v) is 5.59. The van der Waals surface area contributed by atoms with Crippen LogP contribution in [0.25, 0.3) is 0 Å². The molecule has 1 aliphatic carbocycles. The van der Waals surface area contributed by atoms with Gasteiger partial charge in [-0.25, -0.2) is 4.98 Å². The van der Waals surface area contributed by atoms with Crippen molar-refractivity contribution in [3.63, 3.8) is 0 Å². The minimum absolute atomic E-state index is 0.729. The van der Waals surface area contributed by atoms with E-state index in [2.05, 4.69) is 29.5 Å². The van der Waals surface area contributed by atoms with Crippen LogP contribution in [0.3, 0.4) is 0 Å². The molecule has 3 heteroatoms. The lowest BCUT2D eigenvalue weighted by Gasteiger charge is -2.20. The summed E-state index contributed by atoms with van der Waals surface area (Å²) in [6.07, 6.45) is 3.88. The summed E-state index contributed by atoms with van der Waals surface area (Å²) in [6.45, 7) is 5.77. The lowest BCUT2D eigenvalue weighted by molar-refractivity contribution is 0.357. The summed E-state index contributed by atoms with van der Waals surface area (Å²) in [5, 5.41) is 5.80. The lowest BCUT2D eigenvalue weighted by Crippen LogP contribution is -2.29. The van der Waals surface area contributed by atoms with Gasteiger partial charge in [-0.15, -0.1) is 11.3 Å². The van der Waals surface area contributed by atoms with Crippen molar-refractivity contribution in [2.75, 3.05) is 6.54 Å². The molecule has 1 atom stereocenters. The van der Waals surface area contributed by atoms with E-state index in [1.165, 1.54) is 18.5 Å². The largest absolute Gasteiger partial charge is 0.314 e. The Morgan fingerprint density at radius 2 is 2.33 bits per heavy atom. The highest BCUT2D eigenvalue weighted by Gasteiger charge is 2.23. The number of nitrogens with one attached hydrogen (secondary N) is 1. The molecule has 1 N–H and O–H groups in total. The molecule has 2 nitrogen and oxygen atoms in total. The fourth-order valence-electron chi connectivity index (χ4n) is 1.76. The van der Waals surface area contributed by atoms with Crippen molar-refractivity contribution in [3.05, 3.63) is 16.6 Å². The molecule has 1 aromatic heterocycles. The SMILES string of the molecule is CC(C)C(CNC1CC1)Cc1cscn1. The molecule has 2 rings (SSSR count). The van der Waals surface area contributed by atoms with Crippen molar-refractivity contribution in [2.24, 2.45) is 11.8 Å². The highest BCUT2D eigenvalue weighted by atomic mass is 32.1. The Kier molecular flexibility index (Phi) is 3.76. The van der Waals surface area contributed by atoms with Crippen molar-refractivity contribution in [3.8, 4) is 0 Å². The molecule has 1 unspecified atom stereocenters. The highest BCUT2D eigenvalue weighted by Crippen LogP contribution is 2.21. The summed E-state index contributed by atoms with van der Waals surface area (Å²) in [5.41, 5.74) is 3.19. The average Bonchev–Trinajstić information content (AvgIpc) is 2.89. The van der Waals surface area contributed by atoms with E-state index in [9.17, 15) is 0 Å². The number of thiazole rings is 1. The Morgan fingerprint density at radius 3 is 2.87 bits per heavy atom.